The minimum Gasteiger partial charge on any atom is -0.363 e. The number of likely N-dealkylation sites (tertiary alicyclic amines) is 1. The number of primary amides is 1. The van der Waals surface area contributed by atoms with Crippen LogP contribution >= 0.6 is 0 Å². The lowest BCUT2D eigenvalue weighted by Gasteiger charge is -2.32. The van der Waals surface area contributed by atoms with Gasteiger partial charge < -0.3 is 21.7 Å². The van der Waals surface area contributed by atoms with Gasteiger partial charge >= 0.3 is 0 Å². The van der Waals surface area contributed by atoms with Crippen molar-refractivity contribution in [1.29, 1.82) is 0 Å². The van der Waals surface area contributed by atoms with E-state index in [0.29, 0.717) is 25.3 Å². The van der Waals surface area contributed by atoms with E-state index in [1.807, 2.05) is 0 Å². The van der Waals surface area contributed by atoms with E-state index in [1.54, 1.807) is 4.90 Å². The molecule has 0 spiro atoms. The van der Waals surface area contributed by atoms with Crippen molar-refractivity contribution in [2.45, 2.75) is 82.3 Å². The number of amides is 3. The first-order chi connectivity index (χ1) is 13.4. The first kappa shape index (κ1) is 20.8. The highest BCUT2D eigenvalue weighted by molar-refractivity contribution is 6.37. The van der Waals surface area contributed by atoms with Crippen LogP contribution in [0.15, 0.2) is 0 Å². The van der Waals surface area contributed by atoms with Crippen LogP contribution in [0.25, 0.3) is 0 Å². The van der Waals surface area contributed by atoms with Crippen molar-refractivity contribution < 1.29 is 19.2 Å². The third-order valence-corrected chi connectivity index (χ3v) is 6.42. The van der Waals surface area contributed by atoms with Crippen molar-refractivity contribution in [2.75, 3.05) is 6.54 Å². The van der Waals surface area contributed by atoms with Crippen LogP contribution in [0, 0.1) is 11.8 Å². The van der Waals surface area contributed by atoms with Gasteiger partial charge in [-0.1, -0.05) is 32.1 Å². The topological polar surface area (TPSA) is 136 Å². The van der Waals surface area contributed by atoms with Gasteiger partial charge in [-0.15, -0.1) is 0 Å². The predicted octanol–water partition coefficient (Wildman–Crippen LogP) is 0.224. The fourth-order valence-corrected chi connectivity index (χ4v) is 4.55. The Morgan fingerprint density at radius 3 is 2.25 bits per heavy atom. The number of nitrogens with zero attached hydrogens (tertiary/aromatic N) is 1. The fraction of sp³-hybridized carbons (Fsp3) is 0.800. The van der Waals surface area contributed by atoms with Crippen LogP contribution in [0.4, 0.5) is 0 Å². The summed E-state index contributed by atoms with van der Waals surface area (Å²) in [6.45, 7) is 0.494. The quantitative estimate of drug-likeness (QED) is 0.508. The molecule has 3 rings (SSSR count). The van der Waals surface area contributed by atoms with Gasteiger partial charge in [0.05, 0.1) is 12.1 Å². The molecule has 8 nitrogen and oxygen atoms in total. The third kappa shape index (κ3) is 4.90. The Morgan fingerprint density at radius 2 is 1.64 bits per heavy atom. The highest BCUT2D eigenvalue weighted by Gasteiger charge is 2.40. The first-order valence-electron chi connectivity index (χ1n) is 10.6. The highest BCUT2D eigenvalue weighted by atomic mass is 16.2. The Balaban J connectivity index is 1.63. The van der Waals surface area contributed by atoms with Crippen LogP contribution in [-0.2, 0) is 19.2 Å². The molecular formula is C20H32N4O4. The summed E-state index contributed by atoms with van der Waals surface area (Å²) in [5.74, 6) is -1.86. The summed E-state index contributed by atoms with van der Waals surface area (Å²) in [5, 5.41) is 2.69. The van der Waals surface area contributed by atoms with E-state index in [0.717, 1.165) is 44.9 Å². The normalized spacial score (nSPS) is 25.2. The number of hydrogen-bond acceptors (Lipinski definition) is 5. The summed E-state index contributed by atoms with van der Waals surface area (Å²) in [4.78, 5) is 50.8. The molecule has 1 heterocycles. The van der Waals surface area contributed by atoms with Crippen LogP contribution in [0.3, 0.4) is 0 Å². The summed E-state index contributed by atoms with van der Waals surface area (Å²) in [5.41, 5.74) is 11.4. The van der Waals surface area contributed by atoms with Crippen LogP contribution in [-0.4, -0.2) is 53.1 Å². The van der Waals surface area contributed by atoms with E-state index in [-0.39, 0.29) is 17.7 Å². The van der Waals surface area contributed by atoms with Gasteiger partial charge in [-0.2, -0.15) is 0 Å². The van der Waals surface area contributed by atoms with Crippen molar-refractivity contribution in [3.05, 3.63) is 0 Å². The van der Waals surface area contributed by atoms with Gasteiger partial charge in [0.25, 0.3) is 5.91 Å². The Bertz CT molecular complexity index is 628. The molecule has 3 aliphatic rings. The number of rotatable bonds is 8. The zero-order valence-corrected chi connectivity index (χ0v) is 16.4. The second-order valence-electron chi connectivity index (χ2n) is 8.58. The number of Topliss-reactive ketones (excluding diaryl/α,β-unsaturated/α-hetero) is 1. The van der Waals surface area contributed by atoms with E-state index in [1.165, 1.54) is 6.42 Å². The lowest BCUT2D eigenvalue weighted by Crippen LogP contribution is -2.56. The van der Waals surface area contributed by atoms with E-state index >= 15 is 0 Å². The lowest BCUT2D eigenvalue weighted by atomic mass is 9.83. The van der Waals surface area contributed by atoms with Crippen molar-refractivity contribution in [3.63, 3.8) is 0 Å². The first-order valence-corrected chi connectivity index (χ1v) is 10.6. The molecule has 0 bridgehead atoms. The maximum Gasteiger partial charge on any atom is 0.287 e. The largest absolute Gasteiger partial charge is 0.363 e. The summed E-state index contributed by atoms with van der Waals surface area (Å²) in [7, 11) is 0. The molecule has 0 aromatic carbocycles. The zero-order valence-electron chi connectivity index (χ0n) is 16.4. The van der Waals surface area contributed by atoms with Gasteiger partial charge in [0.2, 0.25) is 17.6 Å². The molecule has 156 valence electrons. The minimum absolute atomic E-state index is 0.171. The van der Waals surface area contributed by atoms with E-state index in [9.17, 15) is 19.2 Å². The molecule has 0 radical (unpaired) electrons. The molecular weight excluding hydrogens is 360 g/mol. The third-order valence-electron chi connectivity index (χ3n) is 6.42. The number of carbonyl (C=O) groups excluding carboxylic acids is 4. The molecule has 8 heteroatoms. The second-order valence-corrected chi connectivity index (χ2v) is 8.58. The summed E-state index contributed by atoms with van der Waals surface area (Å²) in [6, 6.07) is -2.12. The molecule has 28 heavy (non-hydrogen) atoms. The Kier molecular flexibility index (Phi) is 6.69. The number of nitrogens with one attached hydrogen (secondary N) is 1. The maximum atomic E-state index is 13.0. The van der Waals surface area contributed by atoms with Crippen LogP contribution in [0.2, 0.25) is 0 Å². The monoisotopic (exact) mass is 392 g/mol. The average Bonchev–Trinajstić information content (AvgIpc) is 3.38. The Hall–Kier alpha value is -1.96. The molecule has 1 unspecified atom stereocenters. The van der Waals surface area contributed by atoms with Crippen molar-refractivity contribution in [2.24, 2.45) is 23.3 Å². The maximum absolute atomic E-state index is 13.0. The molecule has 2 saturated carbocycles. The van der Waals surface area contributed by atoms with Crippen molar-refractivity contribution >= 4 is 23.5 Å². The number of ketones is 1. The number of nitrogens with two attached hydrogens (primary N) is 2. The SMILES string of the molecule is NC(=O)C(=O)C(CC1CC1)NC(=O)[C@@H]1CCCN1C(=O)[C@@H](N)C1CCCCC1. The van der Waals surface area contributed by atoms with Gasteiger partial charge in [-0.3, -0.25) is 19.2 Å². The molecule has 1 saturated heterocycles. The van der Waals surface area contributed by atoms with E-state index in [4.69, 9.17) is 11.5 Å². The zero-order chi connectivity index (χ0) is 20.3. The molecule has 1 aliphatic heterocycles. The standard InChI is InChI=1S/C20H32N4O4/c21-16(13-5-2-1-3-6-13)20(28)24-10-4-7-15(24)19(27)23-14(11-12-8-9-12)17(25)18(22)26/h12-16H,1-11,21H2,(H2,22,26)(H,23,27)/t14?,15-,16-/m0/s1. The van der Waals surface area contributed by atoms with Gasteiger partial charge in [-0.05, 0) is 43.9 Å². The molecule has 2 aliphatic carbocycles. The summed E-state index contributed by atoms with van der Waals surface area (Å²) < 4.78 is 0. The lowest BCUT2D eigenvalue weighted by molar-refractivity contribution is -0.142. The van der Waals surface area contributed by atoms with Crippen LogP contribution in [0.5, 0.6) is 0 Å². The molecule has 0 aromatic heterocycles. The Morgan fingerprint density at radius 1 is 0.964 bits per heavy atom. The highest BCUT2D eigenvalue weighted by Crippen LogP contribution is 2.34. The smallest absolute Gasteiger partial charge is 0.287 e. The molecule has 3 amide bonds. The number of carbonyl (C=O) groups is 4. The van der Waals surface area contributed by atoms with Gasteiger partial charge in [0, 0.05) is 6.54 Å². The molecule has 5 N–H and O–H groups in total. The fourth-order valence-electron chi connectivity index (χ4n) is 4.55. The molecule has 0 aromatic rings. The van der Waals surface area contributed by atoms with E-state index in [2.05, 4.69) is 5.32 Å². The molecule has 3 fully saturated rings. The van der Waals surface area contributed by atoms with Crippen molar-refractivity contribution in [3.8, 4) is 0 Å². The van der Waals surface area contributed by atoms with Crippen LogP contribution < -0.4 is 16.8 Å². The summed E-state index contributed by atoms with van der Waals surface area (Å²) >= 11 is 0. The van der Waals surface area contributed by atoms with Crippen molar-refractivity contribution in [1.82, 2.24) is 10.2 Å². The van der Waals surface area contributed by atoms with Gasteiger partial charge in [-0.25, -0.2) is 0 Å². The minimum atomic E-state index is -1.04. The van der Waals surface area contributed by atoms with Gasteiger partial charge in [0.1, 0.15) is 6.04 Å². The predicted molar refractivity (Wildman–Crippen MR) is 103 cm³/mol. The van der Waals surface area contributed by atoms with Gasteiger partial charge in [0.15, 0.2) is 0 Å². The van der Waals surface area contributed by atoms with E-state index < -0.39 is 29.8 Å². The summed E-state index contributed by atoms with van der Waals surface area (Å²) in [6.07, 6.45) is 8.93. The second kappa shape index (κ2) is 9.03. The Labute approximate surface area is 165 Å². The van der Waals surface area contributed by atoms with Crippen LogP contribution in [0.1, 0.15) is 64.2 Å². The average molecular weight is 393 g/mol. The number of hydrogen-bond donors (Lipinski definition) is 3. The molecule has 3 atom stereocenters.